The third-order valence-electron chi connectivity index (χ3n) is 2.16. The topological polar surface area (TPSA) is 89.3 Å². The number of nitrogens with one attached hydrogen (secondary N) is 2. The molecule has 18 heavy (non-hydrogen) atoms. The summed E-state index contributed by atoms with van der Waals surface area (Å²) < 4.78 is 5.16. The van der Waals surface area contributed by atoms with Crippen LogP contribution < -0.4 is 16.6 Å². The number of hydrazine groups is 1. The first-order chi connectivity index (χ1) is 8.69. The number of hydrogen-bond acceptors (Lipinski definition) is 5. The molecule has 0 saturated heterocycles. The summed E-state index contributed by atoms with van der Waals surface area (Å²) in [6.45, 7) is 3.72. The number of anilines is 1. The van der Waals surface area contributed by atoms with E-state index in [9.17, 15) is 4.79 Å². The minimum atomic E-state index is -0.325. The Hall–Kier alpha value is -1.37. The van der Waals surface area contributed by atoms with Crippen LogP contribution in [-0.4, -0.2) is 30.6 Å². The summed E-state index contributed by atoms with van der Waals surface area (Å²) in [5.74, 6) is 5.28. The van der Waals surface area contributed by atoms with Crippen LogP contribution in [0.25, 0.3) is 0 Å². The lowest BCUT2D eigenvalue weighted by Crippen LogP contribution is -2.27. The van der Waals surface area contributed by atoms with Gasteiger partial charge in [-0.1, -0.05) is 11.6 Å². The quantitative estimate of drug-likeness (QED) is 0.394. The third kappa shape index (κ3) is 4.48. The van der Waals surface area contributed by atoms with Crippen molar-refractivity contribution < 1.29 is 9.53 Å². The van der Waals surface area contributed by atoms with Crippen LogP contribution in [0.5, 0.6) is 0 Å². The molecule has 0 spiro atoms. The summed E-state index contributed by atoms with van der Waals surface area (Å²) in [6.07, 6.45) is 0.742. The van der Waals surface area contributed by atoms with Crippen molar-refractivity contribution in [3.63, 3.8) is 0 Å². The van der Waals surface area contributed by atoms with Crippen molar-refractivity contribution in [2.75, 3.05) is 25.2 Å². The van der Waals surface area contributed by atoms with Gasteiger partial charge in [-0.3, -0.25) is 4.79 Å². The number of ether oxygens (including phenoxy) is 1. The van der Waals surface area contributed by atoms with Crippen molar-refractivity contribution in [2.24, 2.45) is 5.84 Å². The van der Waals surface area contributed by atoms with E-state index in [0.717, 1.165) is 6.42 Å². The number of hydrogen-bond donors (Lipinski definition) is 3. The van der Waals surface area contributed by atoms with Crippen LogP contribution >= 0.6 is 11.6 Å². The number of carbonyl (C=O) groups is 1. The van der Waals surface area contributed by atoms with E-state index in [4.69, 9.17) is 22.2 Å². The molecule has 0 unspecified atom stereocenters. The van der Waals surface area contributed by atoms with E-state index in [1.807, 2.05) is 6.92 Å². The van der Waals surface area contributed by atoms with Crippen LogP contribution in [0.4, 0.5) is 5.82 Å². The Morgan fingerprint density at radius 3 is 3.00 bits per heavy atom. The predicted molar refractivity (Wildman–Crippen MR) is 70.5 cm³/mol. The van der Waals surface area contributed by atoms with Crippen LogP contribution in [0.2, 0.25) is 5.02 Å². The highest BCUT2D eigenvalue weighted by Gasteiger charge is 2.12. The van der Waals surface area contributed by atoms with Gasteiger partial charge in [-0.05, 0) is 25.5 Å². The molecular formula is C11H17ClN4O2. The molecule has 1 amide bonds. The number of nitrogen functional groups attached to an aromatic ring is 1. The molecule has 1 heterocycles. The summed E-state index contributed by atoms with van der Waals surface area (Å²) in [5, 5.41) is 3.00. The Morgan fingerprint density at radius 2 is 2.33 bits per heavy atom. The molecule has 0 aromatic carbocycles. The lowest BCUT2D eigenvalue weighted by Gasteiger charge is -2.07. The monoisotopic (exact) mass is 272 g/mol. The minimum Gasteiger partial charge on any atom is -0.382 e. The number of halogens is 1. The molecule has 0 aliphatic rings. The van der Waals surface area contributed by atoms with Gasteiger partial charge in [0.05, 0.1) is 5.02 Å². The second-order valence-corrected chi connectivity index (χ2v) is 3.88. The van der Waals surface area contributed by atoms with Gasteiger partial charge in [0.25, 0.3) is 5.91 Å². The molecule has 0 radical (unpaired) electrons. The highest BCUT2D eigenvalue weighted by atomic mass is 35.5. The summed E-state index contributed by atoms with van der Waals surface area (Å²) in [6, 6.07) is 3.16. The second-order valence-electron chi connectivity index (χ2n) is 3.48. The van der Waals surface area contributed by atoms with Gasteiger partial charge in [-0.25, -0.2) is 10.8 Å². The molecule has 0 saturated carbocycles. The van der Waals surface area contributed by atoms with E-state index < -0.39 is 0 Å². The fourth-order valence-corrected chi connectivity index (χ4v) is 1.48. The van der Waals surface area contributed by atoms with Crippen molar-refractivity contribution in [1.82, 2.24) is 10.3 Å². The zero-order valence-corrected chi connectivity index (χ0v) is 11.0. The fraction of sp³-hybridized carbons (Fsp3) is 0.455. The lowest BCUT2D eigenvalue weighted by molar-refractivity contribution is 0.0939. The predicted octanol–water partition coefficient (Wildman–Crippen LogP) is 1.18. The minimum absolute atomic E-state index is 0.156. The van der Waals surface area contributed by atoms with Crippen LogP contribution in [0, 0.1) is 0 Å². The van der Waals surface area contributed by atoms with Gasteiger partial charge in [-0.2, -0.15) is 0 Å². The number of pyridine rings is 1. The van der Waals surface area contributed by atoms with Crippen molar-refractivity contribution >= 4 is 23.3 Å². The molecular weight excluding hydrogens is 256 g/mol. The Balaban J connectivity index is 2.50. The average molecular weight is 273 g/mol. The van der Waals surface area contributed by atoms with Gasteiger partial charge in [-0.15, -0.1) is 0 Å². The molecule has 0 atom stereocenters. The molecule has 1 aromatic rings. The summed E-state index contributed by atoms with van der Waals surface area (Å²) in [7, 11) is 0. The van der Waals surface area contributed by atoms with Crippen LogP contribution in [0.1, 0.15) is 23.8 Å². The first kappa shape index (κ1) is 14.7. The van der Waals surface area contributed by atoms with Crippen molar-refractivity contribution in [1.29, 1.82) is 0 Å². The zero-order valence-electron chi connectivity index (χ0n) is 10.2. The maximum atomic E-state index is 11.8. The number of carbonyl (C=O) groups excluding carboxylic acids is 1. The molecule has 0 bridgehead atoms. The van der Waals surface area contributed by atoms with Crippen molar-refractivity contribution in [3.8, 4) is 0 Å². The number of nitrogens with zero attached hydrogens (tertiary/aromatic N) is 1. The fourth-order valence-electron chi connectivity index (χ4n) is 1.29. The van der Waals surface area contributed by atoms with Gasteiger partial charge in [0.2, 0.25) is 0 Å². The molecule has 4 N–H and O–H groups in total. The van der Waals surface area contributed by atoms with E-state index >= 15 is 0 Å². The van der Waals surface area contributed by atoms with E-state index in [-0.39, 0.29) is 16.6 Å². The second kappa shape index (κ2) is 7.86. The van der Waals surface area contributed by atoms with E-state index in [2.05, 4.69) is 15.7 Å². The number of nitrogens with two attached hydrogens (primary N) is 1. The summed E-state index contributed by atoms with van der Waals surface area (Å²) in [5.41, 5.74) is 2.52. The molecule has 6 nitrogen and oxygen atoms in total. The molecule has 1 aromatic heterocycles. The Labute approximate surface area is 111 Å². The smallest absolute Gasteiger partial charge is 0.271 e. The summed E-state index contributed by atoms with van der Waals surface area (Å²) in [4.78, 5) is 15.8. The van der Waals surface area contributed by atoms with Gasteiger partial charge >= 0.3 is 0 Å². The number of amides is 1. The molecule has 0 fully saturated rings. The van der Waals surface area contributed by atoms with Gasteiger partial charge < -0.3 is 15.5 Å². The molecule has 1 rings (SSSR count). The molecule has 0 aliphatic heterocycles. The van der Waals surface area contributed by atoms with Crippen LogP contribution in [-0.2, 0) is 4.74 Å². The molecule has 100 valence electrons. The maximum absolute atomic E-state index is 11.8. The first-order valence-electron chi connectivity index (χ1n) is 5.68. The molecule has 7 heteroatoms. The van der Waals surface area contributed by atoms with Gasteiger partial charge in [0.15, 0.2) is 0 Å². The Bertz CT molecular complexity index is 401. The third-order valence-corrected chi connectivity index (χ3v) is 2.47. The largest absolute Gasteiger partial charge is 0.382 e. The molecule has 0 aliphatic carbocycles. The average Bonchev–Trinajstić information content (AvgIpc) is 2.39. The summed E-state index contributed by atoms with van der Waals surface area (Å²) >= 11 is 5.89. The Kier molecular flexibility index (Phi) is 6.42. The van der Waals surface area contributed by atoms with Crippen molar-refractivity contribution in [2.45, 2.75) is 13.3 Å². The number of rotatable bonds is 7. The first-order valence-corrected chi connectivity index (χ1v) is 6.06. The van der Waals surface area contributed by atoms with Crippen molar-refractivity contribution in [3.05, 3.63) is 22.8 Å². The number of aromatic nitrogens is 1. The normalized spacial score (nSPS) is 10.2. The standard InChI is InChI=1S/C11H17ClN4O2/c1-2-18-7-3-6-14-11(17)10-8(12)4-5-9(15-10)16-13/h4-5H,2-3,6-7,13H2,1H3,(H,14,17)(H,15,16). The Morgan fingerprint density at radius 1 is 1.56 bits per heavy atom. The van der Waals surface area contributed by atoms with E-state index in [0.29, 0.717) is 25.6 Å². The van der Waals surface area contributed by atoms with Crippen LogP contribution in [0.15, 0.2) is 12.1 Å². The lowest BCUT2D eigenvalue weighted by atomic mass is 10.3. The van der Waals surface area contributed by atoms with E-state index in [1.54, 1.807) is 12.1 Å². The van der Waals surface area contributed by atoms with Gasteiger partial charge in [0.1, 0.15) is 11.5 Å². The maximum Gasteiger partial charge on any atom is 0.271 e. The SMILES string of the molecule is CCOCCCNC(=O)c1nc(NN)ccc1Cl. The van der Waals surface area contributed by atoms with Gasteiger partial charge in [0, 0.05) is 19.8 Å². The van der Waals surface area contributed by atoms with E-state index in [1.165, 1.54) is 0 Å². The highest BCUT2D eigenvalue weighted by molar-refractivity contribution is 6.33. The highest BCUT2D eigenvalue weighted by Crippen LogP contribution is 2.15. The van der Waals surface area contributed by atoms with Crippen LogP contribution in [0.3, 0.4) is 0 Å². The zero-order chi connectivity index (χ0) is 13.4.